The number of carboxylic acids is 1. The summed E-state index contributed by atoms with van der Waals surface area (Å²) in [5, 5.41) is 8.67. The standard InChI is InChI=1S/C36H68O4/c1-3-5-6-7-8-9-10-11-12-13-14-15-16-17-18-19-23-26-29-33-36(39)40-34(30-4-2)31-27-24-21-20-22-25-28-32-35(37)38/h11-12,34H,3-10,13-33H2,1-2H3,(H,37,38)/b12-11-. The summed E-state index contributed by atoms with van der Waals surface area (Å²) in [6.07, 6.45) is 38.6. The van der Waals surface area contributed by atoms with Gasteiger partial charge in [-0.3, -0.25) is 9.59 Å². The number of rotatable bonds is 32. The molecular weight excluding hydrogens is 496 g/mol. The van der Waals surface area contributed by atoms with Crippen molar-refractivity contribution in [3.63, 3.8) is 0 Å². The number of unbranched alkanes of at least 4 members (excludes halogenated alkanes) is 21. The smallest absolute Gasteiger partial charge is 0.306 e. The molecule has 0 aromatic carbocycles. The minimum atomic E-state index is -0.690. The number of carbonyl (C=O) groups excluding carboxylic acids is 1. The van der Waals surface area contributed by atoms with E-state index in [1.807, 2.05) is 0 Å². The molecule has 0 aliphatic carbocycles. The maximum Gasteiger partial charge on any atom is 0.306 e. The summed E-state index contributed by atoms with van der Waals surface area (Å²) in [6.45, 7) is 4.44. The van der Waals surface area contributed by atoms with Crippen molar-refractivity contribution in [1.29, 1.82) is 0 Å². The Hall–Kier alpha value is -1.32. The first-order valence-corrected chi connectivity index (χ1v) is 17.7. The van der Waals surface area contributed by atoms with Gasteiger partial charge in [0.2, 0.25) is 0 Å². The molecule has 0 aliphatic heterocycles. The lowest BCUT2D eigenvalue weighted by atomic mass is 10.0. The predicted molar refractivity (Wildman–Crippen MR) is 172 cm³/mol. The average Bonchev–Trinajstić information content (AvgIpc) is 2.93. The summed E-state index contributed by atoms with van der Waals surface area (Å²) >= 11 is 0. The van der Waals surface area contributed by atoms with Gasteiger partial charge in [-0.2, -0.15) is 0 Å². The second-order valence-corrected chi connectivity index (χ2v) is 12.1. The Kier molecular flexibility index (Phi) is 31.1. The van der Waals surface area contributed by atoms with Crippen LogP contribution in [0.2, 0.25) is 0 Å². The molecule has 4 heteroatoms. The molecule has 0 heterocycles. The van der Waals surface area contributed by atoms with Crippen LogP contribution in [0.1, 0.15) is 200 Å². The molecule has 0 rings (SSSR count). The molecule has 0 bridgehead atoms. The van der Waals surface area contributed by atoms with E-state index in [9.17, 15) is 9.59 Å². The van der Waals surface area contributed by atoms with E-state index < -0.39 is 5.97 Å². The second kappa shape index (κ2) is 32.2. The quantitative estimate of drug-likeness (QED) is 0.0501. The summed E-state index contributed by atoms with van der Waals surface area (Å²) in [5.41, 5.74) is 0. The molecule has 0 aliphatic rings. The van der Waals surface area contributed by atoms with Crippen molar-refractivity contribution in [2.75, 3.05) is 0 Å². The molecule has 0 aromatic heterocycles. The first-order chi connectivity index (χ1) is 19.6. The minimum absolute atomic E-state index is 0.00194. The zero-order valence-corrected chi connectivity index (χ0v) is 26.9. The van der Waals surface area contributed by atoms with Crippen LogP contribution < -0.4 is 0 Å². The highest BCUT2D eigenvalue weighted by Gasteiger charge is 2.13. The lowest BCUT2D eigenvalue weighted by Gasteiger charge is -2.17. The van der Waals surface area contributed by atoms with Gasteiger partial charge >= 0.3 is 11.9 Å². The van der Waals surface area contributed by atoms with E-state index in [0.29, 0.717) is 12.8 Å². The van der Waals surface area contributed by atoms with Crippen LogP contribution in [0.15, 0.2) is 12.2 Å². The summed E-state index contributed by atoms with van der Waals surface area (Å²) in [6, 6.07) is 0. The lowest BCUT2D eigenvalue weighted by molar-refractivity contribution is -0.150. The van der Waals surface area contributed by atoms with Gasteiger partial charge in [0.25, 0.3) is 0 Å². The van der Waals surface area contributed by atoms with E-state index in [1.54, 1.807) is 0 Å². The number of esters is 1. The highest BCUT2D eigenvalue weighted by atomic mass is 16.5. The maximum atomic E-state index is 12.3. The average molecular weight is 565 g/mol. The van der Waals surface area contributed by atoms with Crippen molar-refractivity contribution in [2.24, 2.45) is 0 Å². The molecule has 1 N–H and O–H groups in total. The molecule has 0 saturated heterocycles. The summed E-state index contributed by atoms with van der Waals surface area (Å²) in [7, 11) is 0. The van der Waals surface area contributed by atoms with Gasteiger partial charge in [-0.1, -0.05) is 142 Å². The van der Waals surface area contributed by atoms with Crippen LogP contribution in [0.3, 0.4) is 0 Å². The highest BCUT2D eigenvalue weighted by Crippen LogP contribution is 2.17. The Labute approximate surface area is 249 Å². The van der Waals surface area contributed by atoms with Crippen molar-refractivity contribution < 1.29 is 19.4 Å². The number of allylic oxidation sites excluding steroid dienone is 2. The van der Waals surface area contributed by atoms with Gasteiger partial charge in [-0.25, -0.2) is 0 Å². The molecule has 1 atom stereocenters. The Morgan fingerprint density at radius 2 is 0.950 bits per heavy atom. The molecular formula is C36H68O4. The molecule has 0 aromatic rings. The van der Waals surface area contributed by atoms with E-state index in [0.717, 1.165) is 57.8 Å². The normalized spacial score (nSPS) is 12.2. The van der Waals surface area contributed by atoms with E-state index in [1.165, 1.54) is 116 Å². The van der Waals surface area contributed by atoms with Crippen molar-refractivity contribution in [2.45, 2.75) is 206 Å². The lowest BCUT2D eigenvalue weighted by Crippen LogP contribution is -2.18. The predicted octanol–water partition coefficient (Wildman–Crippen LogP) is 11.9. The summed E-state index contributed by atoms with van der Waals surface area (Å²) in [4.78, 5) is 22.9. The van der Waals surface area contributed by atoms with Crippen LogP contribution in [0, 0.1) is 0 Å². The molecule has 236 valence electrons. The van der Waals surface area contributed by atoms with Crippen LogP contribution in [0.4, 0.5) is 0 Å². The Morgan fingerprint density at radius 3 is 1.43 bits per heavy atom. The van der Waals surface area contributed by atoms with Crippen LogP contribution in [-0.2, 0) is 14.3 Å². The van der Waals surface area contributed by atoms with Crippen molar-refractivity contribution in [3.8, 4) is 0 Å². The number of carboxylic acid groups (broad SMARTS) is 1. The number of aliphatic carboxylic acids is 1. The molecule has 0 fully saturated rings. The third-order valence-electron chi connectivity index (χ3n) is 7.97. The molecule has 4 nitrogen and oxygen atoms in total. The van der Waals surface area contributed by atoms with Gasteiger partial charge in [0, 0.05) is 12.8 Å². The Balaban J connectivity index is 3.51. The molecule has 0 saturated carbocycles. The van der Waals surface area contributed by atoms with Crippen molar-refractivity contribution >= 4 is 11.9 Å². The largest absolute Gasteiger partial charge is 0.481 e. The fraction of sp³-hybridized carbons (Fsp3) is 0.889. The van der Waals surface area contributed by atoms with Crippen molar-refractivity contribution in [3.05, 3.63) is 12.2 Å². The van der Waals surface area contributed by atoms with E-state index in [4.69, 9.17) is 9.84 Å². The topological polar surface area (TPSA) is 63.6 Å². The van der Waals surface area contributed by atoms with E-state index >= 15 is 0 Å². The maximum absolute atomic E-state index is 12.3. The number of carbonyl (C=O) groups is 2. The van der Waals surface area contributed by atoms with Crippen LogP contribution in [0.25, 0.3) is 0 Å². The molecule has 0 amide bonds. The van der Waals surface area contributed by atoms with Gasteiger partial charge < -0.3 is 9.84 Å². The van der Waals surface area contributed by atoms with Gasteiger partial charge in [-0.15, -0.1) is 0 Å². The number of hydrogen-bond donors (Lipinski definition) is 1. The van der Waals surface area contributed by atoms with E-state index in [-0.39, 0.29) is 12.1 Å². The third-order valence-corrected chi connectivity index (χ3v) is 7.97. The fourth-order valence-corrected chi connectivity index (χ4v) is 5.41. The first-order valence-electron chi connectivity index (χ1n) is 17.7. The van der Waals surface area contributed by atoms with Gasteiger partial charge in [0.15, 0.2) is 0 Å². The minimum Gasteiger partial charge on any atom is -0.481 e. The van der Waals surface area contributed by atoms with Gasteiger partial charge in [0.1, 0.15) is 6.10 Å². The first kappa shape index (κ1) is 38.7. The summed E-state index contributed by atoms with van der Waals surface area (Å²) in [5.74, 6) is -0.692. The van der Waals surface area contributed by atoms with Crippen LogP contribution >= 0.6 is 0 Å². The molecule has 0 radical (unpaired) electrons. The van der Waals surface area contributed by atoms with Crippen LogP contribution in [-0.4, -0.2) is 23.1 Å². The second-order valence-electron chi connectivity index (χ2n) is 12.1. The summed E-state index contributed by atoms with van der Waals surface area (Å²) < 4.78 is 5.81. The van der Waals surface area contributed by atoms with Crippen molar-refractivity contribution in [1.82, 2.24) is 0 Å². The zero-order valence-electron chi connectivity index (χ0n) is 26.9. The number of ether oxygens (including phenoxy) is 1. The van der Waals surface area contributed by atoms with E-state index in [2.05, 4.69) is 26.0 Å². The highest BCUT2D eigenvalue weighted by molar-refractivity contribution is 5.69. The van der Waals surface area contributed by atoms with Crippen LogP contribution in [0.5, 0.6) is 0 Å². The van der Waals surface area contributed by atoms with Gasteiger partial charge in [0.05, 0.1) is 0 Å². The Bertz CT molecular complexity index is 571. The third kappa shape index (κ3) is 31.2. The molecule has 1 unspecified atom stereocenters. The van der Waals surface area contributed by atoms with Gasteiger partial charge in [-0.05, 0) is 57.8 Å². The zero-order chi connectivity index (χ0) is 29.4. The SMILES string of the molecule is CCCCCCCC/C=C\CCCCCCCCCCCC(=O)OC(CCC)CCCCCCCCCC(=O)O. The number of hydrogen-bond acceptors (Lipinski definition) is 3. The molecule has 40 heavy (non-hydrogen) atoms. The Morgan fingerprint density at radius 1 is 0.525 bits per heavy atom. The fourth-order valence-electron chi connectivity index (χ4n) is 5.41. The molecule has 0 spiro atoms. The monoisotopic (exact) mass is 565 g/mol.